The number of allylic oxidation sites excluding steroid dienone is 8. The molecule has 8 aliphatic carbocycles. The fourth-order valence-electron chi connectivity index (χ4n) is 21.4. The topological polar surface area (TPSA) is 24.9 Å². The van der Waals surface area contributed by atoms with Crippen LogP contribution in [0.25, 0.3) is 11.1 Å². The van der Waals surface area contributed by atoms with E-state index in [4.69, 9.17) is 9.47 Å². The first-order valence-corrected chi connectivity index (χ1v) is 43.4. The maximum absolute atomic E-state index is 6.51. The Kier molecular flexibility index (Phi) is 18.4. The van der Waals surface area contributed by atoms with E-state index in [0.29, 0.717) is 41.0 Å². The normalized spacial score (nSPS) is 26.8. The van der Waals surface area contributed by atoms with Crippen molar-refractivity contribution in [1.29, 1.82) is 0 Å². The van der Waals surface area contributed by atoms with Gasteiger partial charge in [-0.1, -0.05) is 239 Å². The standard InChI is InChI=1S/C46H61NOSi.C42H61NOSi/c1-44(2,3)32-21-23-34(24-22-32)48-35-25-26-36-39-28-40-38(29-42(39)46(7,8)41(36)27-35)37(31-17-13-11-14-18-31)30-43(40)49(9,10)47(45(4,5)6)33-19-15-12-16-20-33;1-27-28(2)39(45(11,12)43(41(6,7)8)30-16-14-13-15-17-30)36-25-35-33-23-22-32(24-37(33)42(9,10)38(35)26-34(27)36)44-31-20-18-29(19-21-31)40(3,4)5/h11,13-14,17-18,21-29,33,37-38,40,43H,12,15-16,19-20,30H2,1-10H3;18-28,30,34,36,39H,13-17H2,1-12H3. The molecule has 0 bridgehead atoms. The second-order valence-electron chi connectivity index (χ2n) is 37.1. The van der Waals surface area contributed by atoms with E-state index in [-0.39, 0.29) is 32.7 Å². The summed E-state index contributed by atoms with van der Waals surface area (Å²) >= 11 is 0. The third-order valence-corrected chi connectivity index (χ3v) is 35.0. The van der Waals surface area contributed by atoms with Gasteiger partial charge in [-0.25, -0.2) is 0 Å². The lowest BCUT2D eigenvalue weighted by Gasteiger charge is -2.56. The third kappa shape index (κ3) is 12.7. The van der Waals surface area contributed by atoms with Gasteiger partial charge in [0.05, 0.1) is 0 Å². The van der Waals surface area contributed by atoms with Gasteiger partial charge in [0.1, 0.15) is 39.5 Å². The monoisotopic (exact) mass is 1290 g/mol. The first-order valence-electron chi connectivity index (χ1n) is 37.4. The lowest BCUT2D eigenvalue weighted by atomic mass is 9.73. The molecular formula is C88H122N2O2Si2. The molecule has 4 nitrogen and oxygen atoms in total. The summed E-state index contributed by atoms with van der Waals surface area (Å²) in [5.41, 5.74) is 17.9. The van der Waals surface area contributed by atoms with Gasteiger partial charge in [-0.05, 0) is 247 Å². The van der Waals surface area contributed by atoms with Crippen molar-refractivity contribution in [2.45, 2.75) is 283 Å². The molecule has 94 heavy (non-hydrogen) atoms. The van der Waals surface area contributed by atoms with Gasteiger partial charge in [-0.2, -0.15) is 0 Å². The molecule has 0 spiro atoms. The Hall–Kier alpha value is -4.99. The maximum atomic E-state index is 6.51. The van der Waals surface area contributed by atoms with Crippen LogP contribution in [-0.4, -0.2) is 48.8 Å². The van der Waals surface area contributed by atoms with Crippen LogP contribution in [0.3, 0.4) is 0 Å². The zero-order valence-electron chi connectivity index (χ0n) is 62.6. The third-order valence-electron chi connectivity index (χ3n) is 25.4. The Morgan fingerprint density at radius 2 is 0.830 bits per heavy atom. The Morgan fingerprint density at radius 1 is 0.426 bits per heavy atom. The second-order valence-corrected chi connectivity index (χ2v) is 46.1. The van der Waals surface area contributed by atoms with Gasteiger partial charge < -0.3 is 18.6 Å². The number of hydrogen-bond acceptors (Lipinski definition) is 4. The van der Waals surface area contributed by atoms with Crippen molar-refractivity contribution in [2.24, 2.45) is 35.5 Å². The van der Waals surface area contributed by atoms with Crippen molar-refractivity contribution in [2.75, 3.05) is 0 Å². The molecule has 504 valence electrons. The molecule has 9 atom stereocenters. The van der Waals surface area contributed by atoms with Crippen LogP contribution in [0.5, 0.6) is 23.0 Å². The first kappa shape index (κ1) is 68.9. The molecular weight excluding hydrogens is 1170 g/mol. The highest BCUT2D eigenvalue weighted by atomic mass is 28.3. The first-order chi connectivity index (χ1) is 44.0. The zero-order chi connectivity index (χ0) is 67.6. The number of fused-ring (bicyclic) bond motifs is 8. The van der Waals surface area contributed by atoms with Crippen LogP contribution in [0, 0.1) is 35.5 Å². The average Bonchev–Trinajstić information content (AvgIpc) is 1.57. The summed E-state index contributed by atoms with van der Waals surface area (Å²) in [6.07, 6.45) is 26.3. The molecule has 8 aliphatic rings. The van der Waals surface area contributed by atoms with Crippen molar-refractivity contribution in [3.8, 4) is 23.0 Å². The molecule has 5 aromatic carbocycles. The van der Waals surface area contributed by atoms with E-state index in [1.807, 2.05) is 0 Å². The van der Waals surface area contributed by atoms with Crippen LogP contribution in [0.1, 0.15) is 240 Å². The van der Waals surface area contributed by atoms with Crippen LogP contribution in [-0.2, 0) is 21.7 Å². The van der Waals surface area contributed by atoms with E-state index < -0.39 is 16.5 Å². The number of benzene rings is 5. The Morgan fingerprint density at radius 3 is 1.26 bits per heavy atom. The van der Waals surface area contributed by atoms with Gasteiger partial charge in [0.25, 0.3) is 0 Å². The van der Waals surface area contributed by atoms with Crippen LogP contribution >= 0.6 is 0 Å². The SMILES string of the molecule is CC(C)(C)c1ccc(Oc2ccc3c(c2)C(C)(C)C2=CC4C(c5ccccc5)CC([Si](C)(C)N(C5CCCCC5)C(C)(C)C)C4C=C23)cc1.CC1C(C)C([Si](C)(C)N(C2CCCCC2)C(C)(C)C)C2C=C3C(=CC12)C(C)(C)c1cc(Oc2ccc(C(C)(C)C)cc2)ccc13. The molecule has 0 saturated heterocycles. The zero-order valence-corrected chi connectivity index (χ0v) is 64.6. The minimum Gasteiger partial charge on any atom is -0.457 e. The van der Waals surface area contributed by atoms with E-state index in [0.717, 1.165) is 46.5 Å². The van der Waals surface area contributed by atoms with E-state index in [9.17, 15) is 0 Å². The van der Waals surface area contributed by atoms with Crippen LogP contribution in [0.4, 0.5) is 0 Å². The van der Waals surface area contributed by atoms with Crippen molar-refractivity contribution in [1.82, 2.24) is 9.13 Å². The van der Waals surface area contributed by atoms with Gasteiger partial charge >= 0.3 is 0 Å². The molecule has 0 heterocycles. The molecule has 5 aromatic rings. The Labute approximate surface area is 574 Å². The summed E-state index contributed by atoms with van der Waals surface area (Å²) in [6.45, 7) is 54.4. The van der Waals surface area contributed by atoms with E-state index in [1.165, 1.54) is 126 Å². The molecule has 4 saturated carbocycles. The summed E-state index contributed by atoms with van der Waals surface area (Å²) in [5, 5.41) is 0. The minimum atomic E-state index is -1.91. The summed E-state index contributed by atoms with van der Waals surface area (Å²) in [7, 11) is -3.74. The fraction of sp³-hybridized carbons (Fsp3) is 0.568. The summed E-state index contributed by atoms with van der Waals surface area (Å²) < 4.78 is 19.2. The van der Waals surface area contributed by atoms with E-state index in [2.05, 4.69) is 300 Å². The Balaban J connectivity index is 0.000000181. The van der Waals surface area contributed by atoms with Crippen molar-refractivity contribution >= 4 is 27.6 Å². The van der Waals surface area contributed by atoms with Gasteiger partial charge in [-0.3, -0.25) is 0 Å². The molecule has 0 N–H and O–H groups in total. The van der Waals surface area contributed by atoms with E-state index >= 15 is 0 Å². The number of ether oxygens (including phenoxy) is 2. The van der Waals surface area contributed by atoms with E-state index in [1.54, 1.807) is 5.57 Å². The lowest BCUT2D eigenvalue weighted by molar-refractivity contribution is 0.138. The molecule has 13 rings (SSSR count). The summed E-state index contributed by atoms with van der Waals surface area (Å²) in [5.74, 6) is 7.96. The summed E-state index contributed by atoms with van der Waals surface area (Å²) in [6, 6.07) is 44.0. The van der Waals surface area contributed by atoms with Crippen molar-refractivity contribution in [3.63, 3.8) is 0 Å². The van der Waals surface area contributed by atoms with Crippen molar-refractivity contribution < 1.29 is 9.47 Å². The van der Waals surface area contributed by atoms with Crippen molar-refractivity contribution in [3.05, 3.63) is 190 Å². The predicted molar refractivity (Wildman–Crippen MR) is 407 cm³/mol. The molecule has 9 unspecified atom stereocenters. The quantitative estimate of drug-likeness (QED) is 0.123. The summed E-state index contributed by atoms with van der Waals surface area (Å²) in [4.78, 5) is 0. The lowest BCUT2D eigenvalue weighted by Crippen LogP contribution is -2.65. The van der Waals surface area contributed by atoms with Gasteiger partial charge in [0.2, 0.25) is 0 Å². The molecule has 6 heteroatoms. The van der Waals surface area contributed by atoms with Gasteiger partial charge in [-0.15, -0.1) is 0 Å². The highest BCUT2D eigenvalue weighted by Crippen LogP contribution is 2.65. The van der Waals surface area contributed by atoms with Crippen LogP contribution in [0.2, 0.25) is 37.3 Å². The number of nitrogens with zero attached hydrogens (tertiary/aromatic N) is 2. The van der Waals surface area contributed by atoms with Gasteiger partial charge in [0, 0.05) is 34.0 Å². The fourth-order valence-corrected chi connectivity index (χ4v) is 32.8. The molecule has 4 fully saturated rings. The minimum absolute atomic E-state index is 0.0326. The molecule has 0 aliphatic heterocycles. The molecule has 0 amide bonds. The van der Waals surface area contributed by atoms with Crippen LogP contribution in [0.15, 0.2) is 151 Å². The largest absolute Gasteiger partial charge is 0.457 e. The average molecular weight is 1300 g/mol. The highest BCUT2D eigenvalue weighted by Gasteiger charge is 2.60. The second kappa shape index (κ2) is 25.1. The number of rotatable bonds is 11. The van der Waals surface area contributed by atoms with Gasteiger partial charge in [0.15, 0.2) is 0 Å². The smallest absolute Gasteiger partial charge is 0.127 e. The highest BCUT2D eigenvalue weighted by molar-refractivity contribution is 6.77. The Bertz CT molecular complexity index is 3690. The molecule has 0 aromatic heterocycles. The molecule has 0 radical (unpaired) electrons. The predicted octanol–water partition coefficient (Wildman–Crippen LogP) is 24.7. The maximum Gasteiger partial charge on any atom is 0.127 e. The number of hydrogen-bond donors (Lipinski definition) is 0. The van der Waals surface area contributed by atoms with Crippen LogP contribution < -0.4 is 9.47 Å².